The maximum atomic E-state index is 13.2. The summed E-state index contributed by atoms with van der Waals surface area (Å²) in [5.74, 6) is -2.23. The number of carbonyl (C=O) groups excluding carboxylic acids is 2. The van der Waals surface area contributed by atoms with Crippen LogP contribution in [-0.4, -0.2) is 25.5 Å². The molecule has 0 bridgehead atoms. The highest BCUT2D eigenvalue weighted by molar-refractivity contribution is 5.94. The van der Waals surface area contributed by atoms with E-state index in [0.29, 0.717) is 0 Å². The van der Waals surface area contributed by atoms with Gasteiger partial charge < -0.3 is 10.1 Å². The third kappa shape index (κ3) is 4.48. The van der Waals surface area contributed by atoms with Gasteiger partial charge >= 0.3 is 5.97 Å². The molecule has 0 fully saturated rings. The number of nitrogens with one attached hydrogen (secondary N) is 1. The molecule has 0 atom stereocenters. The molecule has 0 aromatic heterocycles. The smallest absolute Gasteiger partial charge is 0.315 e. The second kappa shape index (κ2) is 6.68. The van der Waals surface area contributed by atoms with Crippen molar-refractivity contribution in [2.75, 3.05) is 13.7 Å². The van der Waals surface area contributed by atoms with Gasteiger partial charge in [-0.05, 0) is 30.2 Å². The van der Waals surface area contributed by atoms with Crippen LogP contribution in [0.3, 0.4) is 0 Å². The first-order valence-electron chi connectivity index (χ1n) is 5.30. The number of esters is 1. The summed E-state index contributed by atoms with van der Waals surface area (Å²) in [5.41, 5.74) is 0.174. The Balaban J connectivity index is 2.39. The monoisotopic (exact) mass is 257 g/mol. The first-order valence-corrected chi connectivity index (χ1v) is 5.30. The van der Waals surface area contributed by atoms with Crippen LogP contribution in [0.25, 0.3) is 0 Å². The van der Waals surface area contributed by atoms with Crippen LogP contribution in [0, 0.1) is 11.6 Å². The first-order chi connectivity index (χ1) is 8.52. The summed E-state index contributed by atoms with van der Waals surface area (Å²) >= 11 is 0. The van der Waals surface area contributed by atoms with Gasteiger partial charge in [0, 0.05) is 6.54 Å². The number of carbonyl (C=O) groups is 2. The largest absolute Gasteiger partial charge is 0.469 e. The van der Waals surface area contributed by atoms with Crippen molar-refractivity contribution in [3.63, 3.8) is 0 Å². The number of amides is 1. The fraction of sp³-hybridized carbons (Fsp3) is 0.333. The van der Waals surface area contributed by atoms with E-state index in [4.69, 9.17) is 0 Å². The summed E-state index contributed by atoms with van der Waals surface area (Å²) in [6.45, 7) is 0.121. The summed E-state index contributed by atoms with van der Waals surface area (Å²) in [4.78, 5) is 21.9. The van der Waals surface area contributed by atoms with Gasteiger partial charge in [0.05, 0.1) is 7.11 Å². The lowest BCUT2D eigenvalue weighted by molar-refractivity contribution is -0.143. The van der Waals surface area contributed by atoms with Crippen molar-refractivity contribution in [1.29, 1.82) is 0 Å². The van der Waals surface area contributed by atoms with Gasteiger partial charge in [0.2, 0.25) is 5.91 Å². The molecule has 0 aliphatic carbocycles. The van der Waals surface area contributed by atoms with Gasteiger partial charge in [0.1, 0.15) is 18.1 Å². The van der Waals surface area contributed by atoms with Crippen LogP contribution in [0.15, 0.2) is 18.2 Å². The summed E-state index contributed by atoms with van der Waals surface area (Å²) in [7, 11) is 1.18. The van der Waals surface area contributed by atoms with Crippen LogP contribution >= 0.6 is 0 Å². The highest BCUT2D eigenvalue weighted by atomic mass is 19.1. The molecule has 0 aliphatic heterocycles. The molecule has 1 amide bonds. The summed E-state index contributed by atoms with van der Waals surface area (Å²) in [6, 6.07) is 3.12. The quantitative estimate of drug-likeness (QED) is 0.636. The fourth-order valence-corrected chi connectivity index (χ4v) is 1.34. The Kier molecular flexibility index (Phi) is 5.23. The zero-order chi connectivity index (χ0) is 13.5. The maximum absolute atomic E-state index is 13.2. The highest BCUT2D eigenvalue weighted by Gasteiger charge is 2.09. The predicted octanol–water partition coefficient (Wildman–Crippen LogP) is 1.19. The van der Waals surface area contributed by atoms with Gasteiger partial charge in [-0.2, -0.15) is 0 Å². The van der Waals surface area contributed by atoms with E-state index < -0.39 is 23.5 Å². The molecule has 0 spiro atoms. The van der Waals surface area contributed by atoms with Crippen molar-refractivity contribution in [1.82, 2.24) is 5.32 Å². The number of rotatable bonds is 5. The Bertz CT molecular complexity index is 449. The lowest BCUT2D eigenvalue weighted by Crippen LogP contribution is -2.28. The van der Waals surface area contributed by atoms with E-state index >= 15 is 0 Å². The Morgan fingerprint density at radius 1 is 1.33 bits per heavy atom. The summed E-state index contributed by atoms with van der Waals surface area (Å²) in [5, 5.41) is 2.41. The molecular formula is C12H13F2NO3. The van der Waals surface area contributed by atoms with Crippen molar-refractivity contribution in [3.8, 4) is 0 Å². The molecule has 6 heteroatoms. The Hall–Kier alpha value is -1.98. The average molecular weight is 257 g/mol. The average Bonchev–Trinajstić information content (AvgIpc) is 2.33. The van der Waals surface area contributed by atoms with E-state index in [1.165, 1.54) is 7.11 Å². The van der Waals surface area contributed by atoms with E-state index in [-0.39, 0.29) is 24.9 Å². The van der Waals surface area contributed by atoms with Crippen molar-refractivity contribution < 1.29 is 23.1 Å². The topological polar surface area (TPSA) is 55.4 Å². The van der Waals surface area contributed by atoms with Crippen LogP contribution in [0.4, 0.5) is 8.78 Å². The molecule has 18 heavy (non-hydrogen) atoms. The SMILES string of the molecule is COC(=O)CC(=O)NCCc1cc(F)ccc1F. The Morgan fingerprint density at radius 2 is 2.06 bits per heavy atom. The molecule has 4 nitrogen and oxygen atoms in total. The summed E-state index contributed by atoms with van der Waals surface area (Å²) < 4.78 is 30.4. The first kappa shape index (κ1) is 14.1. The highest BCUT2D eigenvalue weighted by Crippen LogP contribution is 2.09. The molecule has 0 radical (unpaired) electrons. The van der Waals surface area contributed by atoms with Crippen LogP contribution < -0.4 is 5.32 Å². The van der Waals surface area contributed by atoms with Crippen molar-refractivity contribution in [2.45, 2.75) is 12.8 Å². The molecule has 1 rings (SSSR count). The molecule has 0 saturated carbocycles. The van der Waals surface area contributed by atoms with Gasteiger partial charge in [-0.3, -0.25) is 9.59 Å². The Morgan fingerprint density at radius 3 is 2.72 bits per heavy atom. The summed E-state index contributed by atoms with van der Waals surface area (Å²) in [6.07, 6.45) is -0.237. The zero-order valence-corrected chi connectivity index (χ0v) is 9.83. The van der Waals surface area contributed by atoms with Gasteiger partial charge in [0.25, 0.3) is 0 Å². The van der Waals surface area contributed by atoms with Gasteiger partial charge in [0.15, 0.2) is 0 Å². The fourth-order valence-electron chi connectivity index (χ4n) is 1.34. The van der Waals surface area contributed by atoms with E-state index in [1.807, 2.05) is 0 Å². The lowest BCUT2D eigenvalue weighted by Gasteiger charge is -2.05. The van der Waals surface area contributed by atoms with Crippen LogP contribution in [0.5, 0.6) is 0 Å². The number of ether oxygens (including phenoxy) is 1. The second-order valence-corrected chi connectivity index (χ2v) is 3.59. The van der Waals surface area contributed by atoms with Crippen molar-refractivity contribution in [2.24, 2.45) is 0 Å². The minimum Gasteiger partial charge on any atom is -0.469 e. The van der Waals surface area contributed by atoms with Crippen molar-refractivity contribution in [3.05, 3.63) is 35.4 Å². The maximum Gasteiger partial charge on any atom is 0.315 e. The third-order valence-corrected chi connectivity index (χ3v) is 2.26. The predicted molar refractivity (Wildman–Crippen MR) is 59.7 cm³/mol. The molecule has 0 unspecified atom stereocenters. The van der Waals surface area contributed by atoms with E-state index in [1.54, 1.807) is 0 Å². The standard InChI is InChI=1S/C12H13F2NO3/c1-18-12(17)7-11(16)15-5-4-8-6-9(13)2-3-10(8)14/h2-3,6H,4-5,7H2,1H3,(H,15,16). The number of hydrogen-bond acceptors (Lipinski definition) is 3. The van der Waals surface area contributed by atoms with Crippen LogP contribution in [0.2, 0.25) is 0 Å². The van der Waals surface area contributed by atoms with Gasteiger partial charge in [-0.25, -0.2) is 8.78 Å². The number of benzene rings is 1. The molecule has 1 N–H and O–H groups in total. The second-order valence-electron chi connectivity index (χ2n) is 3.59. The van der Waals surface area contributed by atoms with Gasteiger partial charge in [-0.1, -0.05) is 0 Å². The third-order valence-electron chi connectivity index (χ3n) is 2.26. The Labute approximate surface area is 103 Å². The molecule has 0 saturated heterocycles. The minimum atomic E-state index is -0.649. The normalized spacial score (nSPS) is 9.94. The van der Waals surface area contributed by atoms with E-state index in [9.17, 15) is 18.4 Å². The molecule has 98 valence electrons. The molecule has 0 aliphatic rings. The lowest BCUT2D eigenvalue weighted by atomic mass is 10.1. The number of hydrogen-bond donors (Lipinski definition) is 1. The van der Waals surface area contributed by atoms with Gasteiger partial charge in [-0.15, -0.1) is 0 Å². The minimum absolute atomic E-state index is 0.121. The van der Waals surface area contributed by atoms with E-state index in [0.717, 1.165) is 18.2 Å². The van der Waals surface area contributed by atoms with Crippen molar-refractivity contribution >= 4 is 11.9 Å². The van der Waals surface area contributed by atoms with E-state index in [2.05, 4.69) is 10.1 Å². The molecular weight excluding hydrogens is 244 g/mol. The molecule has 0 heterocycles. The van der Waals surface area contributed by atoms with Crippen LogP contribution in [0.1, 0.15) is 12.0 Å². The zero-order valence-electron chi connectivity index (χ0n) is 9.83. The molecule has 1 aromatic rings. The molecule has 1 aromatic carbocycles. The van der Waals surface area contributed by atoms with Crippen LogP contribution in [-0.2, 0) is 20.7 Å². The number of methoxy groups -OCH3 is 1. The number of halogens is 2.